The minimum Gasteiger partial charge on any atom is -0.492 e. The number of carbonyl (C=O) groups is 2. The first-order chi connectivity index (χ1) is 9.49. The van der Waals surface area contributed by atoms with Crippen LogP contribution in [-0.4, -0.2) is 34.9 Å². The Labute approximate surface area is 122 Å². The largest absolute Gasteiger partial charge is 0.492 e. The van der Waals surface area contributed by atoms with Crippen LogP contribution in [0.25, 0.3) is 0 Å². The van der Waals surface area contributed by atoms with Crippen molar-refractivity contribution in [2.45, 2.75) is 13.3 Å². The summed E-state index contributed by atoms with van der Waals surface area (Å²) in [7, 11) is 0. The molecular formula is C14H16N2O3S. The minimum atomic E-state index is -0.215. The van der Waals surface area contributed by atoms with Gasteiger partial charge in [0.05, 0.1) is 6.54 Å². The maximum absolute atomic E-state index is 11.7. The van der Waals surface area contributed by atoms with Crippen molar-refractivity contribution in [2.24, 2.45) is 11.7 Å². The highest BCUT2D eigenvalue weighted by molar-refractivity contribution is 7.80. The molecule has 1 fully saturated rings. The van der Waals surface area contributed by atoms with Crippen molar-refractivity contribution in [3.63, 3.8) is 0 Å². The molecule has 1 atom stereocenters. The van der Waals surface area contributed by atoms with Gasteiger partial charge in [0, 0.05) is 17.9 Å². The maximum Gasteiger partial charge on any atom is 0.232 e. The number of nitrogens with zero attached hydrogens (tertiary/aromatic N) is 1. The second kappa shape index (κ2) is 6.00. The number of hydrogen-bond acceptors (Lipinski definition) is 4. The smallest absolute Gasteiger partial charge is 0.232 e. The van der Waals surface area contributed by atoms with E-state index in [4.69, 9.17) is 22.7 Å². The molecule has 6 heteroatoms. The van der Waals surface area contributed by atoms with Crippen molar-refractivity contribution in [1.29, 1.82) is 0 Å². The number of benzene rings is 1. The van der Waals surface area contributed by atoms with Crippen LogP contribution in [0.4, 0.5) is 0 Å². The third kappa shape index (κ3) is 3.14. The number of thiocarbonyl (C=S) groups is 1. The lowest BCUT2D eigenvalue weighted by molar-refractivity contribution is -0.139. The van der Waals surface area contributed by atoms with Gasteiger partial charge in [0.1, 0.15) is 17.3 Å². The summed E-state index contributed by atoms with van der Waals surface area (Å²) in [6.45, 7) is 2.31. The molecule has 1 aromatic rings. The predicted octanol–water partition coefficient (Wildman–Crippen LogP) is 1.09. The Bertz CT molecular complexity index is 542. The molecule has 1 saturated heterocycles. The molecule has 0 saturated carbocycles. The summed E-state index contributed by atoms with van der Waals surface area (Å²) in [4.78, 5) is 24.9. The Morgan fingerprint density at radius 1 is 1.40 bits per heavy atom. The average molecular weight is 292 g/mol. The predicted molar refractivity (Wildman–Crippen MR) is 78.3 cm³/mol. The van der Waals surface area contributed by atoms with Crippen LogP contribution in [0.5, 0.6) is 5.75 Å². The van der Waals surface area contributed by atoms with E-state index in [1.807, 2.05) is 0 Å². The van der Waals surface area contributed by atoms with Gasteiger partial charge >= 0.3 is 0 Å². The van der Waals surface area contributed by atoms with Gasteiger partial charge in [-0.15, -0.1) is 0 Å². The summed E-state index contributed by atoms with van der Waals surface area (Å²) in [5.41, 5.74) is 6.27. The zero-order valence-corrected chi connectivity index (χ0v) is 12.0. The molecule has 1 aliphatic heterocycles. The van der Waals surface area contributed by atoms with Crippen LogP contribution in [0, 0.1) is 5.92 Å². The third-order valence-corrected chi connectivity index (χ3v) is 3.43. The Hall–Kier alpha value is -1.95. The molecule has 0 bridgehead atoms. The molecule has 0 aromatic heterocycles. The number of ether oxygens (including phenoxy) is 1. The maximum atomic E-state index is 11.7. The van der Waals surface area contributed by atoms with Gasteiger partial charge in [-0.2, -0.15) is 0 Å². The molecule has 1 heterocycles. The quantitative estimate of drug-likeness (QED) is 0.650. The van der Waals surface area contributed by atoms with Crippen molar-refractivity contribution in [3.05, 3.63) is 29.8 Å². The highest BCUT2D eigenvalue weighted by Crippen LogP contribution is 2.18. The molecule has 1 aliphatic rings. The lowest BCUT2D eigenvalue weighted by Gasteiger charge is -2.14. The normalized spacial score (nSPS) is 18.4. The monoisotopic (exact) mass is 292 g/mol. The molecule has 0 spiro atoms. The van der Waals surface area contributed by atoms with Crippen molar-refractivity contribution in [3.8, 4) is 5.75 Å². The third-order valence-electron chi connectivity index (χ3n) is 3.19. The molecule has 1 unspecified atom stereocenters. The van der Waals surface area contributed by atoms with Crippen LogP contribution < -0.4 is 10.5 Å². The summed E-state index contributed by atoms with van der Waals surface area (Å²) < 4.78 is 5.50. The topological polar surface area (TPSA) is 72.6 Å². The molecular weight excluding hydrogens is 276 g/mol. The minimum absolute atomic E-state index is 0.123. The number of likely N-dealkylation sites (tertiary alicyclic amines) is 1. The zero-order valence-electron chi connectivity index (χ0n) is 11.2. The lowest BCUT2D eigenvalue weighted by atomic mass is 10.1. The number of carbonyl (C=O) groups excluding carboxylic acids is 2. The Kier molecular flexibility index (Phi) is 4.34. The van der Waals surface area contributed by atoms with Crippen molar-refractivity contribution >= 4 is 29.0 Å². The van der Waals surface area contributed by atoms with E-state index >= 15 is 0 Å². The Morgan fingerprint density at radius 3 is 2.55 bits per heavy atom. The number of amides is 2. The number of nitrogens with two attached hydrogens (primary N) is 1. The molecule has 20 heavy (non-hydrogen) atoms. The van der Waals surface area contributed by atoms with E-state index in [1.54, 1.807) is 31.2 Å². The lowest BCUT2D eigenvalue weighted by Crippen LogP contribution is -2.34. The second-order valence-electron chi connectivity index (χ2n) is 4.73. The molecule has 106 valence electrons. The van der Waals surface area contributed by atoms with Crippen LogP contribution >= 0.6 is 12.2 Å². The standard InChI is InChI=1S/C14H16N2O3S/c1-9-8-12(17)16(14(9)18)6-7-19-11-4-2-10(3-5-11)13(15)20/h2-5,9H,6-8H2,1H3,(H2,15,20). The molecule has 2 N–H and O–H groups in total. The van der Waals surface area contributed by atoms with Gasteiger partial charge in [-0.3, -0.25) is 14.5 Å². The molecule has 1 aromatic carbocycles. The van der Waals surface area contributed by atoms with Crippen molar-refractivity contribution in [2.75, 3.05) is 13.2 Å². The van der Waals surface area contributed by atoms with Crippen molar-refractivity contribution < 1.29 is 14.3 Å². The zero-order chi connectivity index (χ0) is 14.7. The number of imide groups is 1. The van der Waals surface area contributed by atoms with Crippen LogP contribution in [0.2, 0.25) is 0 Å². The first-order valence-electron chi connectivity index (χ1n) is 6.36. The molecule has 0 aliphatic carbocycles. The van der Waals surface area contributed by atoms with Crippen LogP contribution in [0.15, 0.2) is 24.3 Å². The Morgan fingerprint density at radius 2 is 2.05 bits per heavy atom. The molecule has 2 amide bonds. The Balaban J connectivity index is 1.85. The van der Waals surface area contributed by atoms with Crippen LogP contribution in [0.3, 0.4) is 0 Å². The molecule has 2 rings (SSSR count). The van der Waals surface area contributed by atoms with Crippen LogP contribution in [0.1, 0.15) is 18.9 Å². The van der Waals surface area contributed by atoms with Crippen molar-refractivity contribution in [1.82, 2.24) is 4.90 Å². The summed E-state index contributed by atoms with van der Waals surface area (Å²) in [5, 5.41) is 0. The fraction of sp³-hybridized carbons (Fsp3) is 0.357. The van der Waals surface area contributed by atoms with Gasteiger partial charge in [0.15, 0.2) is 0 Å². The van der Waals surface area contributed by atoms with Gasteiger partial charge in [0.25, 0.3) is 0 Å². The van der Waals surface area contributed by atoms with Gasteiger partial charge in [-0.25, -0.2) is 0 Å². The first-order valence-corrected chi connectivity index (χ1v) is 6.76. The van der Waals surface area contributed by atoms with E-state index in [0.29, 0.717) is 17.2 Å². The van der Waals surface area contributed by atoms with Gasteiger partial charge in [0.2, 0.25) is 11.8 Å². The van der Waals surface area contributed by atoms with Crippen LogP contribution in [-0.2, 0) is 9.59 Å². The SMILES string of the molecule is CC1CC(=O)N(CCOc2ccc(C(N)=S)cc2)C1=O. The fourth-order valence-electron chi connectivity index (χ4n) is 2.05. The number of rotatable bonds is 5. The molecule has 0 radical (unpaired) electrons. The van der Waals surface area contributed by atoms with E-state index in [2.05, 4.69) is 0 Å². The van der Waals surface area contributed by atoms with E-state index < -0.39 is 0 Å². The summed E-state index contributed by atoms with van der Waals surface area (Å²) in [6.07, 6.45) is 0.293. The van der Waals surface area contributed by atoms with E-state index in [1.165, 1.54) is 4.90 Å². The number of hydrogen-bond donors (Lipinski definition) is 1. The van der Waals surface area contributed by atoms with Gasteiger partial charge < -0.3 is 10.5 Å². The summed E-state index contributed by atoms with van der Waals surface area (Å²) in [6, 6.07) is 7.05. The van der Waals surface area contributed by atoms with Gasteiger partial charge in [-0.1, -0.05) is 19.1 Å². The molecule has 5 nitrogen and oxygen atoms in total. The van der Waals surface area contributed by atoms with Gasteiger partial charge in [-0.05, 0) is 24.3 Å². The second-order valence-corrected chi connectivity index (χ2v) is 5.17. The van der Waals surface area contributed by atoms with E-state index in [9.17, 15) is 9.59 Å². The highest BCUT2D eigenvalue weighted by atomic mass is 32.1. The van der Waals surface area contributed by atoms with E-state index in [-0.39, 0.29) is 30.9 Å². The fourth-order valence-corrected chi connectivity index (χ4v) is 2.19. The van der Waals surface area contributed by atoms with E-state index in [0.717, 1.165) is 5.56 Å². The first kappa shape index (κ1) is 14.5. The highest BCUT2D eigenvalue weighted by Gasteiger charge is 2.35. The summed E-state index contributed by atoms with van der Waals surface area (Å²) >= 11 is 4.86. The average Bonchev–Trinajstić information content (AvgIpc) is 2.65. The summed E-state index contributed by atoms with van der Waals surface area (Å²) in [5.74, 6) is 0.182.